The third-order valence-electron chi connectivity index (χ3n) is 7.41. The van der Waals surface area contributed by atoms with Gasteiger partial charge in [0.2, 0.25) is 23.6 Å². The van der Waals surface area contributed by atoms with E-state index in [-0.39, 0.29) is 41.5 Å². The topological polar surface area (TPSA) is 131 Å². The van der Waals surface area contributed by atoms with Crippen LogP contribution in [0.5, 0.6) is 0 Å². The summed E-state index contributed by atoms with van der Waals surface area (Å²) in [6.45, 7) is 6.95. The molecular weight excluding hydrogens is 434 g/mol. The molecule has 4 atom stereocenters. The second kappa shape index (κ2) is 9.93. The number of piperidine rings is 1. The fourth-order valence-electron chi connectivity index (χ4n) is 4.77. The molecule has 0 aromatic carbocycles. The van der Waals surface area contributed by atoms with Crippen LogP contribution in [-0.4, -0.2) is 59.2 Å². The van der Waals surface area contributed by atoms with Gasteiger partial charge in [-0.1, -0.05) is 33.6 Å². The lowest BCUT2D eigenvalue weighted by atomic mass is 9.85. The fourth-order valence-corrected chi connectivity index (χ4v) is 4.77. The van der Waals surface area contributed by atoms with Crippen LogP contribution < -0.4 is 16.0 Å². The zero-order valence-electron chi connectivity index (χ0n) is 21.1. The Hall–Kier alpha value is -2.63. The number of hydrogen-bond acceptors (Lipinski definition) is 5. The van der Waals surface area contributed by atoms with Crippen molar-refractivity contribution in [2.24, 2.45) is 17.3 Å². The minimum Gasteiger partial charge on any atom is -0.350 e. The van der Waals surface area contributed by atoms with Crippen LogP contribution >= 0.6 is 0 Å². The molecule has 0 aromatic rings. The Morgan fingerprint density at radius 3 is 2.26 bits per heavy atom. The van der Waals surface area contributed by atoms with E-state index in [1.54, 1.807) is 7.05 Å². The first-order chi connectivity index (χ1) is 15.8. The van der Waals surface area contributed by atoms with Gasteiger partial charge in [0.25, 0.3) is 0 Å². The van der Waals surface area contributed by atoms with Crippen molar-refractivity contribution in [2.75, 3.05) is 7.05 Å². The van der Waals surface area contributed by atoms with E-state index < -0.39 is 23.5 Å². The van der Waals surface area contributed by atoms with Crippen molar-refractivity contribution >= 4 is 23.6 Å². The number of hydrogen-bond donors (Lipinski definition) is 3. The number of amides is 4. The van der Waals surface area contributed by atoms with E-state index in [0.29, 0.717) is 18.8 Å². The summed E-state index contributed by atoms with van der Waals surface area (Å²) in [4.78, 5) is 52.3. The molecule has 3 N–H and O–H groups in total. The normalized spacial score (nSPS) is 23.6. The fraction of sp³-hybridized carbons (Fsp3) is 0.800. The Balaban J connectivity index is 1.67. The first-order valence-electron chi connectivity index (χ1n) is 12.4. The molecular formula is C25H39N5O4. The van der Waals surface area contributed by atoms with E-state index in [1.807, 2.05) is 20.8 Å². The summed E-state index contributed by atoms with van der Waals surface area (Å²) in [6.07, 6.45) is 6.44. The first-order valence-corrected chi connectivity index (χ1v) is 12.4. The average molecular weight is 474 g/mol. The summed E-state index contributed by atoms with van der Waals surface area (Å²) in [5.41, 5.74) is -0.561. The lowest BCUT2D eigenvalue weighted by Crippen LogP contribution is -2.58. The van der Waals surface area contributed by atoms with Crippen LogP contribution in [0.15, 0.2) is 0 Å². The van der Waals surface area contributed by atoms with Crippen LogP contribution in [0.1, 0.15) is 79.1 Å². The van der Waals surface area contributed by atoms with E-state index in [2.05, 4.69) is 22.0 Å². The SMILES string of the molecule is CC(=O)N[C@H](C(=O)N(C)[C@@H](CC1CC1)C(=O)N[C@H](C#N)C[C@@H]1CCC2(CC2)NC1=O)C(C)(C)C. The third-order valence-corrected chi connectivity index (χ3v) is 7.41. The molecule has 0 unspecified atom stereocenters. The Morgan fingerprint density at radius 1 is 1.15 bits per heavy atom. The van der Waals surface area contributed by atoms with Crippen LogP contribution in [0.25, 0.3) is 0 Å². The molecule has 188 valence electrons. The van der Waals surface area contributed by atoms with E-state index in [9.17, 15) is 24.4 Å². The highest BCUT2D eigenvalue weighted by molar-refractivity contribution is 5.92. The van der Waals surface area contributed by atoms with Gasteiger partial charge in [0.15, 0.2) is 0 Å². The Morgan fingerprint density at radius 2 is 1.79 bits per heavy atom. The van der Waals surface area contributed by atoms with Crippen molar-refractivity contribution in [1.29, 1.82) is 5.26 Å². The quantitative estimate of drug-likeness (QED) is 0.468. The third kappa shape index (κ3) is 6.49. The van der Waals surface area contributed by atoms with Gasteiger partial charge in [0.05, 0.1) is 6.07 Å². The van der Waals surface area contributed by atoms with Gasteiger partial charge in [0.1, 0.15) is 18.1 Å². The molecule has 1 aliphatic heterocycles. The predicted molar refractivity (Wildman–Crippen MR) is 126 cm³/mol. The lowest BCUT2D eigenvalue weighted by molar-refractivity contribution is -0.144. The maximum Gasteiger partial charge on any atom is 0.246 e. The molecule has 3 rings (SSSR count). The minimum absolute atomic E-state index is 0.0189. The molecule has 2 saturated carbocycles. The van der Waals surface area contributed by atoms with E-state index in [4.69, 9.17) is 0 Å². The second-order valence-electron chi connectivity index (χ2n) is 11.6. The summed E-state index contributed by atoms with van der Waals surface area (Å²) < 4.78 is 0. The van der Waals surface area contributed by atoms with E-state index in [1.165, 1.54) is 11.8 Å². The molecule has 1 saturated heterocycles. The zero-order chi connectivity index (χ0) is 25.3. The Kier molecular flexibility index (Phi) is 7.59. The second-order valence-corrected chi connectivity index (χ2v) is 11.6. The van der Waals surface area contributed by atoms with Gasteiger partial charge >= 0.3 is 0 Å². The largest absolute Gasteiger partial charge is 0.350 e. The maximum atomic E-state index is 13.4. The van der Waals surface area contributed by atoms with Crippen LogP contribution in [-0.2, 0) is 19.2 Å². The predicted octanol–water partition coefficient (Wildman–Crippen LogP) is 1.62. The Labute approximate surface area is 202 Å². The standard InChI is InChI=1S/C25H39N5O4/c1-15(31)27-20(24(2,3)4)23(34)30(5)19(12-16-6-7-16)22(33)28-18(14-26)13-17-8-9-25(10-11-25)29-21(17)32/h16-20H,6-13H2,1-5H3,(H,27,31)(H,28,33)(H,29,32)/t17-,18-,19-,20+/m0/s1. The van der Waals surface area contributed by atoms with Crippen LogP contribution in [0.3, 0.4) is 0 Å². The highest BCUT2D eigenvalue weighted by Crippen LogP contribution is 2.44. The van der Waals surface area contributed by atoms with E-state index in [0.717, 1.165) is 32.1 Å². The van der Waals surface area contributed by atoms with Crippen molar-refractivity contribution in [1.82, 2.24) is 20.9 Å². The highest BCUT2D eigenvalue weighted by Gasteiger charge is 2.48. The lowest BCUT2D eigenvalue weighted by Gasteiger charge is -2.36. The first kappa shape index (κ1) is 26.0. The molecule has 0 radical (unpaired) electrons. The van der Waals surface area contributed by atoms with E-state index >= 15 is 0 Å². The summed E-state index contributed by atoms with van der Waals surface area (Å²) in [6, 6.07) is -0.206. The maximum absolute atomic E-state index is 13.4. The molecule has 34 heavy (non-hydrogen) atoms. The number of nitrogens with zero attached hydrogens (tertiary/aromatic N) is 2. The van der Waals surface area contributed by atoms with Gasteiger partial charge in [-0.15, -0.1) is 0 Å². The summed E-state index contributed by atoms with van der Waals surface area (Å²) >= 11 is 0. The molecule has 9 nitrogen and oxygen atoms in total. The molecule has 4 amide bonds. The van der Waals surface area contributed by atoms with Gasteiger partial charge < -0.3 is 20.9 Å². The van der Waals surface area contributed by atoms with Gasteiger partial charge in [-0.05, 0) is 49.9 Å². The van der Waals surface area contributed by atoms with Gasteiger partial charge in [0, 0.05) is 25.4 Å². The van der Waals surface area contributed by atoms with Crippen LogP contribution in [0.2, 0.25) is 0 Å². The zero-order valence-corrected chi connectivity index (χ0v) is 21.1. The molecule has 1 spiro atoms. The highest BCUT2D eigenvalue weighted by atomic mass is 16.2. The number of nitriles is 1. The summed E-state index contributed by atoms with van der Waals surface area (Å²) in [7, 11) is 1.58. The number of carbonyl (C=O) groups excluding carboxylic acids is 4. The molecule has 9 heteroatoms. The van der Waals surface area contributed by atoms with Gasteiger partial charge in [-0.2, -0.15) is 5.26 Å². The van der Waals surface area contributed by atoms with Crippen LogP contribution in [0.4, 0.5) is 0 Å². The number of rotatable bonds is 9. The number of likely N-dealkylation sites (N-methyl/N-ethyl adjacent to an activating group) is 1. The van der Waals surface area contributed by atoms with Crippen LogP contribution in [0, 0.1) is 28.6 Å². The van der Waals surface area contributed by atoms with Crippen molar-refractivity contribution in [3.63, 3.8) is 0 Å². The molecule has 1 heterocycles. The molecule has 3 fully saturated rings. The summed E-state index contributed by atoms with van der Waals surface area (Å²) in [5, 5.41) is 18.3. The molecule has 3 aliphatic rings. The minimum atomic E-state index is -0.810. The summed E-state index contributed by atoms with van der Waals surface area (Å²) in [5.74, 6) is -1.02. The molecule has 0 aromatic heterocycles. The van der Waals surface area contributed by atoms with Crippen molar-refractivity contribution in [3.05, 3.63) is 0 Å². The van der Waals surface area contributed by atoms with Crippen molar-refractivity contribution in [2.45, 2.75) is 103 Å². The van der Waals surface area contributed by atoms with Crippen molar-refractivity contribution in [3.8, 4) is 6.07 Å². The average Bonchev–Trinajstić information content (AvgIpc) is 3.68. The number of nitrogens with one attached hydrogen (secondary N) is 3. The Bertz CT molecular complexity index is 866. The monoisotopic (exact) mass is 473 g/mol. The number of carbonyl (C=O) groups is 4. The van der Waals surface area contributed by atoms with Gasteiger partial charge in [-0.3, -0.25) is 19.2 Å². The molecule has 0 bridgehead atoms. The smallest absolute Gasteiger partial charge is 0.246 e. The molecule has 2 aliphatic carbocycles. The van der Waals surface area contributed by atoms with Gasteiger partial charge in [-0.25, -0.2) is 0 Å². The van der Waals surface area contributed by atoms with Crippen molar-refractivity contribution < 1.29 is 19.2 Å².